The molecule has 0 saturated heterocycles. The maximum Gasteiger partial charge on any atom is 0.311 e. The highest BCUT2D eigenvalue weighted by Crippen LogP contribution is 2.39. The van der Waals surface area contributed by atoms with Gasteiger partial charge in [0.05, 0.1) is 39.2 Å². The van der Waals surface area contributed by atoms with Gasteiger partial charge in [-0.05, 0) is 31.5 Å². The van der Waals surface area contributed by atoms with Crippen molar-refractivity contribution < 1.29 is 33.3 Å². The molecule has 1 aromatic heterocycles. The van der Waals surface area contributed by atoms with Gasteiger partial charge in [-0.3, -0.25) is 9.59 Å². The number of rotatable bonds is 8. The molecule has 2 N–H and O–H groups in total. The summed E-state index contributed by atoms with van der Waals surface area (Å²) in [5, 5.41) is 11.8. The van der Waals surface area contributed by atoms with Crippen molar-refractivity contribution >= 4 is 11.9 Å². The molecule has 0 fully saturated rings. The Balaban J connectivity index is 2.30. The summed E-state index contributed by atoms with van der Waals surface area (Å²) in [6, 6.07) is 3.08. The molecule has 2 aromatic rings. The first-order chi connectivity index (χ1) is 12.8. The van der Waals surface area contributed by atoms with Crippen molar-refractivity contribution in [2.75, 3.05) is 21.3 Å². The van der Waals surface area contributed by atoms with Crippen LogP contribution in [0.5, 0.6) is 17.2 Å². The molecule has 146 valence electrons. The zero-order valence-corrected chi connectivity index (χ0v) is 15.9. The van der Waals surface area contributed by atoms with Crippen molar-refractivity contribution in [1.29, 1.82) is 0 Å². The molecule has 1 unspecified atom stereocenters. The zero-order chi connectivity index (χ0) is 20.1. The van der Waals surface area contributed by atoms with Crippen molar-refractivity contribution in [2.24, 2.45) is 0 Å². The van der Waals surface area contributed by atoms with Crippen molar-refractivity contribution in [3.05, 3.63) is 40.8 Å². The van der Waals surface area contributed by atoms with E-state index in [1.54, 1.807) is 26.0 Å². The second-order valence-electron chi connectivity index (χ2n) is 5.94. The van der Waals surface area contributed by atoms with Crippen molar-refractivity contribution in [3.8, 4) is 17.2 Å². The van der Waals surface area contributed by atoms with Gasteiger partial charge >= 0.3 is 5.97 Å². The average Bonchev–Trinajstić information content (AvgIpc) is 2.99. The zero-order valence-electron chi connectivity index (χ0n) is 15.9. The van der Waals surface area contributed by atoms with Crippen LogP contribution >= 0.6 is 0 Å². The van der Waals surface area contributed by atoms with E-state index in [1.165, 1.54) is 27.6 Å². The summed E-state index contributed by atoms with van der Waals surface area (Å²) in [6.45, 7) is 3.48. The highest BCUT2D eigenvalue weighted by Gasteiger charge is 2.23. The van der Waals surface area contributed by atoms with E-state index >= 15 is 0 Å². The van der Waals surface area contributed by atoms with Crippen LogP contribution in [0.1, 0.15) is 40.2 Å². The van der Waals surface area contributed by atoms with Gasteiger partial charge in [0.25, 0.3) is 5.91 Å². The van der Waals surface area contributed by atoms with Crippen LogP contribution in [0.15, 0.2) is 22.8 Å². The van der Waals surface area contributed by atoms with Gasteiger partial charge in [0.15, 0.2) is 11.5 Å². The van der Waals surface area contributed by atoms with E-state index < -0.39 is 17.9 Å². The number of nitrogens with one attached hydrogen (secondary N) is 1. The summed E-state index contributed by atoms with van der Waals surface area (Å²) < 4.78 is 21.2. The first-order valence-corrected chi connectivity index (χ1v) is 8.21. The SMILES string of the molecule is COc1cc(C(C)NC(=O)c2c(C)coc2CC(=O)O)cc(OC)c1OC. The van der Waals surface area contributed by atoms with E-state index in [0.717, 1.165) is 5.56 Å². The van der Waals surface area contributed by atoms with Crippen LogP contribution in [-0.4, -0.2) is 38.3 Å². The third-order valence-electron chi connectivity index (χ3n) is 4.12. The fourth-order valence-electron chi connectivity index (χ4n) is 2.77. The Morgan fingerprint density at radius 2 is 1.74 bits per heavy atom. The van der Waals surface area contributed by atoms with Crippen molar-refractivity contribution in [2.45, 2.75) is 26.3 Å². The molecule has 1 amide bonds. The number of methoxy groups -OCH3 is 3. The van der Waals surface area contributed by atoms with Crippen LogP contribution in [0.4, 0.5) is 0 Å². The van der Waals surface area contributed by atoms with Gasteiger partial charge in [0.2, 0.25) is 5.75 Å². The molecule has 0 bridgehead atoms. The quantitative estimate of drug-likeness (QED) is 0.728. The summed E-state index contributed by atoms with van der Waals surface area (Å²) in [5.41, 5.74) is 1.54. The first-order valence-electron chi connectivity index (χ1n) is 8.21. The summed E-state index contributed by atoms with van der Waals surface area (Å²) in [6.07, 6.45) is 1.01. The molecule has 1 heterocycles. The molecule has 8 heteroatoms. The van der Waals surface area contributed by atoms with E-state index in [-0.39, 0.29) is 17.7 Å². The molecular formula is C19H23NO7. The number of ether oxygens (including phenoxy) is 3. The number of carboxylic acid groups (broad SMARTS) is 1. The number of hydrogen-bond donors (Lipinski definition) is 2. The third-order valence-corrected chi connectivity index (χ3v) is 4.12. The first kappa shape index (κ1) is 20.2. The topological polar surface area (TPSA) is 107 Å². The van der Waals surface area contributed by atoms with Crippen molar-refractivity contribution in [3.63, 3.8) is 0 Å². The van der Waals surface area contributed by atoms with Crippen LogP contribution in [-0.2, 0) is 11.2 Å². The number of hydrogen-bond acceptors (Lipinski definition) is 6. The van der Waals surface area contributed by atoms with Crippen LogP contribution in [0.2, 0.25) is 0 Å². The number of aryl methyl sites for hydroxylation is 1. The lowest BCUT2D eigenvalue weighted by atomic mass is 10.0. The molecule has 27 heavy (non-hydrogen) atoms. The number of carbonyl (C=O) groups is 2. The lowest BCUT2D eigenvalue weighted by Gasteiger charge is -2.19. The molecule has 0 aliphatic rings. The van der Waals surface area contributed by atoms with E-state index in [9.17, 15) is 9.59 Å². The van der Waals surface area contributed by atoms with Gasteiger partial charge in [-0.1, -0.05) is 0 Å². The smallest absolute Gasteiger partial charge is 0.311 e. The van der Waals surface area contributed by atoms with Gasteiger partial charge < -0.3 is 29.1 Å². The average molecular weight is 377 g/mol. The highest BCUT2D eigenvalue weighted by atomic mass is 16.5. The predicted molar refractivity (Wildman–Crippen MR) is 96.8 cm³/mol. The van der Waals surface area contributed by atoms with Crippen molar-refractivity contribution in [1.82, 2.24) is 5.32 Å². The Morgan fingerprint density at radius 1 is 1.15 bits per heavy atom. The molecular weight excluding hydrogens is 354 g/mol. The molecule has 1 aromatic carbocycles. The normalized spacial score (nSPS) is 11.6. The minimum atomic E-state index is -1.07. The third kappa shape index (κ3) is 4.33. The van der Waals surface area contributed by atoms with E-state index in [1.807, 2.05) is 0 Å². The number of benzene rings is 1. The Bertz CT molecular complexity index is 816. The Hall–Kier alpha value is -3.16. The highest BCUT2D eigenvalue weighted by molar-refractivity contribution is 5.97. The van der Waals surface area contributed by atoms with Crippen LogP contribution < -0.4 is 19.5 Å². The minimum Gasteiger partial charge on any atom is -0.493 e. The van der Waals surface area contributed by atoms with Crippen LogP contribution in [0, 0.1) is 6.92 Å². The second kappa shape index (κ2) is 8.48. The second-order valence-corrected chi connectivity index (χ2v) is 5.94. The van der Waals surface area contributed by atoms with Gasteiger partial charge in [-0.2, -0.15) is 0 Å². The molecule has 1 atom stereocenters. The van der Waals surface area contributed by atoms with E-state index in [2.05, 4.69) is 5.32 Å². The van der Waals surface area contributed by atoms with E-state index in [4.69, 9.17) is 23.7 Å². The molecule has 0 radical (unpaired) electrons. The fourth-order valence-corrected chi connectivity index (χ4v) is 2.77. The largest absolute Gasteiger partial charge is 0.493 e. The summed E-state index contributed by atoms with van der Waals surface area (Å²) >= 11 is 0. The molecule has 0 spiro atoms. The summed E-state index contributed by atoms with van der Waals surface area (Å²) in [4.78, 5) is 23.7. The van der Waals surface area contributed by atoms with Crippen LogP contribution in [0.3, 0.4) is 0 Å². The lowest BCUT2D eigenvalue weighted by molar-refractivity contribution is -0.136. The Kier molecular flexibility index (Phi) is 6.33. The van der Waals surface area contributed by atoms with Gasteiger partial charge in [0.1, 0.15) is 12.2 Å². The lowest BCUT2D eigenvalue weighted by Crippen LogP contribution is -2.28. The standard InChI is InChI=1S/C19H23NO7/c1-10-9-27-13(8-16(21)22)17(10)19(23)20-11(2)12-6-14(24-3)18(26-5)15(7-12)25-4/h6-7,9,11H,8H2,1-5H3,(H,20,23)(H,21,22). The Morgan fingerprint density at radius 3 is 2.22 bits per heavy atom. The Labute approximate surface area is 157 Å². The molecule has 8 nitrogen and oxygen atoms in total. The summed E-state index contributed by atoms with van der Waals surface area (Å²) in [7, 11) is 4.53. The van der Waals surface area contributed by atoms with Gasteiger partial charge in [-0.25, -0.2) is 0 Å². The molecule has 0 aliphatic carbocycles. The number of carboxylic acids is 1. The number of carbonyl (C=O) groups excluding carboxylic acids is 1. The molecule has 0 saturated carbocycles. The summed E-state index contributed by atoms with van der Waals surface area (Å²) in [5.74, 6) is 0.0270. The number of aliphatic carboxylic acids is 1. The van der Waals surface area contributed by atoms with Crippen LogP contribution in [0.25, 0.3) is 0 Å². The maximum atomic E-state index is 12.7. The minimum absolute atomic E-state index is 0.120. The van der Waals surface area contributed by atoms with Gasteiger partial charge in [0, 0.05) is 5.56 Å². The molecule has 2 rings (SSSR count). The van der Waals surface area contributed by atoms with Gasteiger partial charge in [-0.15, -0.1) is 0 Å². The monoisotopic (exact) mass is 377 g/mol. The fraction of sp³-hybridized carbons (Fsp3) is 0.368. The number of amides is 1. The maximum absolute atomic E-state index is 12.7. The molecule has 0 aliphatic heterocycles. The van der Waals surface area contributed by atoms with E-state index in [0.29, 0.717) is 22.8 Å². The number of furan rings is 1. The predicted octanol–water partition coefficient (Wildman–Crippen LogP) is 2.73.